The summed E-state index contributed by atoms with van der Waals surface area (Å²) in [5, 5.41) is 3.02. The van der Waals surface area contributed by atoms with Crippen molar-refractivity contribution >= 4 is 17.3 Å². The Hall–Kier alpha value is -2.29. The highest BCUT2D eigenvalue weighted by Gasteiger charge is 2.12. The monoisotopic (exact) mass is 352 g/mol. The third-order valence-corrected chi connectivity index (χ3v) is 5.01. The van der Waals surface area contributed by atoms with Gasteiger partial charge in [0.1, 0.15) is 0 Å². The van der Waals surface area contributed by atoms with Crippen LogP contribution in [0.25, 0.3) is 0 Å². The second-order valence-electron chi connectivity index (χ2n) is 6.89. The van der Waals surface area contributed by atoms with Crippen LogP contribution < -0.4 is 11.1 Å². The molecule has 3 N–H and O–H groups in total. The van der Waals surface area contributed by atoms with Crippen LogP contribution in [-0.2, 0) is 36.9 Å². The van der Waals surface area contributed by atoms with E-state index in [1.807, 2.05) is 0 Å². The van der Waals surface area contributed by atoms with Crippen LogP contribution in [0.1, 0.15) is 68.0 Å². The molecule has 0 aliphatic carbocycles. The quantitative estimate of drug-likeness (QED) is 0.684. The number of hydrogen-bond acceptors (Lipinski definition) is 2. The maximum atomic E-state index is 11.6. The number of rotatable bonds is 7. The van der Waals surface area contributed by atoms with Gasteiger partial charge >= 0.3 is 0 Å². The van der Waals surface area contributed by atoms with Gasteiger partial charge in [0, 0.05) is 18.3 Å². The van der Waals surface area contributed by atoms with Gasteiger partial charge in [-0.2, -0.15) is 0 Å². The second-order valence-corrected chi connectivity index (χ2v) is 6.89. The molecule has 3 nitrogen and oxygen atoms in total. The zero-order valence-corrected chi connectivity index (χ0v) is 16.8. The summed E-state index contributed by atoms with van der Waals surface area (Å²) in [5.41, 5.74) is 15.7. The van der Waals surface area contributed by atoms with Crippen LogP contribution in [-0.4, -0.2) is 5.91 Å². The first kappa shape index (κ1) is 20.0. The Morgan fingerprint density at radius 1 is 0.808 bits per heavy atom. The van der Waals surface area contributed by atoms with Crippen molar-refractivity contribution in [3.05, 3.63) is 57.6 Å². The van der Waals surface area contributed by atoms with Crippen molar-refractivity contribution in [3.8, 4) is 0 Å². The summed E-state index contributed by atoms with van der Waals surface area (Å²) in [7, 11) is 0. The average Bonchev–Trinajstić information content (AvgIpc) is 2.63. The molecule has 2 aromatic rings. The maximum absolute atomic E-state index is 11.6. The molecule has 1 amide bonds. The molecule has 0 radical (unpaired) electrons. The predicted molar refractivity (Wildman–Crippen MR) is 112 cm³/mol. The lowest BCUT2D eigenvalue weighted by Gasteiger charge is -2.17. The van der Waals surface area contributed by atoms with Gasteiger partial charge in [-0.1, -0.05) is 52.0 Å². The van der Waals surface area contributed by atoms with E-state index >= 15 is 0 Å². The van der Waals surface area contributed by atoms with Crippen LogP contribution in [0.2, 0.25) is 0 Å². The molecule has 2 rings (SSSR count). The van der Waals surface area contributed by atoms with E-state index in [4.69, 9.17) is 5.73 Å². The molecule has 0 bridgehead atoms. The number of benzene rings is 2. The molecule has 26 heavy (non-hydrogen) atoms. The first-order valence-corrected chi connectivity index (χ1v) is 9.75. The number of nitrogens with two attached hydrogens (primary N) is 1. The fourth-order valence-corrected chi connectivity index (χ4v) is 3.61. The number of amides is 1. The number of nitrogens with one attached hydrogen (secondary N) is 1. The molecule has 0 aliphatic heterocycles. The van der Waals surface area contributed by atoms with Gasteiger partial charge in [-0.25, -0.2) is 0 Å². The molecule has 0 aromatic heterocycles. The molecule has 2 aromatic carbocycles. The minimum absolute atomic E-state index is 0.0131. The zero-order valence-electron chi connectivity index (χ0n) is 16.8. The molecule has 0 saturated heterocycles. The summed E-state index contributed by atoms with van der Waals surface area (Å²) < 4.78 is 0. The topological polar surface area (TPSA) is 55.1 Å². The Bertz CT molecular complexity index is 743. The zero-order chi connectivity index (χ0) is 19.3. The van der Waals surface area contributed by atoms with E-state index in [-0.39, 0.29) is 5.91 Å². The Morgan fingerprint density at radius 2 is 1.19 bits per heavy atom. The normalized spacial score (nSPS) is 10.8. The fraction of sp³-hybridized carbons (Fsp3) is 0.435. The Morgan fingerprint density at radius 3 is 1.54 bits per heavy atom. The minimum Gasteiger partial charge on any atom is -0.398 e. The van der Waals surface area contributed by atoms with E-state index in [9.17, 15) is 4.79 Å². The van der Waals surface area contributed by atoms with Crippen LogP contribution in [0.5, 0.6) is 0 Å². The number of anilines is 2. The maximum Gasteiger partial charge on any atom is 0.221 e. The van der Waals surface area contributed by atoms with E-state index in [0.717, 1.165) is 43.5 Å². The molecule has 0 spiro atoms. The first-order valence-electron chi connectivity index (χ1n) is 9.75. The van der Waals surface area contributed by atoms with Gasteiger partial charge in [-0.15, -0.1) is 0 Å². The standard InChI is InChI=1S/C23H32N2O/c1-6-18-11-16(12-19(7-2)22(18)24)10-17-13-20(8-3)23(25-15(5)26)21(9-4)14-17/h11-14H,6-10,24H2,1-5H3,(H,25,26). The van der Waals surface area contributed by atoms with Crippen molar-refractivity contribution < 1.29 is 4.79 Å². The Labute approximate surface area is 158 Å². The van der Waals surface area contributed by atoms with Gasteiger partial charge in [0.25, 0.3) is 0 Å². The van der Waals surface area contributed by atoms with Crippen LogP contribution in [0.15, 0.2) is 24.3 Å². The van der Waals surface area contributed by atoms with Crippen LogP contribution in [0.4, 0.5) is 11.4 Å². The Balaban J connectivity index is 2.45. The minimum atomic E-state index is -0.0131. The largest absolute Gasteiger partial charge is 0.398 e. The van der Waals surface area contributed by atoms with E-state index in [1.54, 1.807) is 6.92 Å². The summed E-state index contributed by atoms with van der Waals surface area (Å²) in [5.74, 6) is -0.0131. The highest BCUT2D eigenvalue weighted by atomic mass is 16.1. The van der Waals surface area contributed by atoms with Crippen molar-refractivity contribution in [2.45, 2.75) is 66.7 Å². The lowest BCUT2D eigenvalue weighted by molar-refractivity contribution is -0.114. The van der Waals surface area contributed by atoms with Gasteiger partial charge in [-0.05, 0) is 65.5 Å². The van der Waals surface area contributed by atoms with E-state index < -0.39 is 0 Å². The van der Waals surface area contributed by atoms with Crippen molar-refractivity contribution in [3.63, 3.8) is 0 Å². The van der Waals surface area contributed by atoms with Crippen molar-refractivity contribution in [1.82, 2.24) is 0 Å². The Kier molecular flexibility index (Phi) is 6.84. The van der Waals surface area contributed by atoms with Crippen LogP contribution in [0, 0.1) is 0 Å². The van der Waals surface area contributed by atoms with Crippen LogP contribution >= 0.6 is 0 Å². The molecule has 140 valence electrons. The number of aryl methyl sites for hydroxylation is 4. The molecule has 0 aliphatic rings. The molecule has 0 atom stereocenters. The van der Waals surface area contributed by atoms with Gasteiger partial charge in [0.15, 0.2) is 0 Å². The number of hydrogen-bond donors (Lipinski definition) is 2. The molecule has 0 heterocycles. The lowest BCUT2D eigenvalue weighted by Crippen LogP contribution is -2.11. The summed E-state index contributed by atoms with van der Waals surface area (Å²) in [6.07, 6.45) is 4.60. The average molecular weight is 353 g/mol. The summed E-state index contributed by atoms with van der Waals surface area (Å²) >= 11 is 0. The van der Waals surface area contributed by atoms with E-state index in [0.29, 0.717) is 0 Å². The summed E-state index contributed by atoms with van der Waals surface area (Å²) in [4.78, 5) is 11.6. The first-order chi connectivity index (χ1) is 12.4. The van der Waals surface area contributed by atoms with E-state index in [1.165, 1.54) is 33.4 Å². The summed E-state index contributed by atoms with van der Waals surface area (Å²) in [6.45, 7) is 10.2. The van der Waals surface area contributed by atoms with Gasteiger partial charge in [0.05, 0.1) is 0 Å². The number of carbonyl (C=O) groups excluding carboxylic acids is 1. The predicted octanol–water partition coefficient (Wildman–Crippen LogP) is 5.07. The third kappa shape index (κ3) is 4.46. The molecule has 0 unspecified atom stereocenters. The van der Waals surface area contributed by atoms with Crippen LogP contribution in [0.3, 0.4) is 0 Å². The molecule has 0 fully saturated rings. The highest BCUT2D eigenvalue weighted by molar-refractivity contribution is 5.90. The molecular weight excluding hydrogens is 320 g/mol. The molecule has 0 saturated carbocycles. The third-order valence-electron chi connectivity index (χ3n) is 5.01. The smallest absolute Gasteiger partial charge is 0.221 e. The van der Waals surface area contributed by atoms with Crippen molar-refractivity contribution in [2.24, 2.45) is 0 Å². The fourth-order valence-electron chi connectivity index (χ4n) is 3.61. The lowest BCUT2D eigenvalue weighted by atomic mass is 9.92. The SMILES string of the molecule is CCc1cc(Cc2cc(CC)c(NC(C)=O)c(CC)c2)cc(CC)c1N. The molecular formula is C23H32N2O. The molecule has 3 heteroatoms. The van der Waals surface area contributed by atoms with E-state index in [2.05, 4.69) is 57.3 Å². The van der Waals surface area contributed by atoms with Crippen molar-refractivity contribution in [2.75, 3.05) is 11.1 Å². The number of nitrogen functional groups attached to an aromatic ring is 1. The van der Waals surface area contributed by atoms with Crippen molar-refractivity contribution in [1.29, 1.82) is 0 Å². The highest BCUT2D eigenvalue weighted by Crippen LogP contribution is 2.28. The van der Waals surface area contributed by atoms with Gasteiger partial charge in [-0.3, -0.25) is 4.79 Å². The van der Waals surface area contributed by atoms with Gasteiger partial charge < -0.3 is 11.1 Å². The van der Waals surface area contributed by atoms with Gasteiger partial charge in [0.2, 0.25) is 5.91 Å². The number of carbonyl (C=O) groups is 1. The second kappa shape index (κ2) is 8.88. The summed E-state index contributed by atoms with van der Waals surface area (Å²) in [6, 6.07) is 8.96.